The molecule has 0 aromatic heterocycles. The van der Waals surface area contributed by atoms with Crippen LogP contribution in [0.2, 0.25) is 0 Å². The van der Waals surface area contributed by atoms with Gasteiger partial charge in [-0.2, -0.15) is 0 Å². The van der Waals surface area contributed by atoms with Gasteiger partial charge in [0.1, 0.15) is 30.5 Å². The lowest BCUT2D eigenvalue weighted by Crippen LogP contribution is -2.59. The van der Waals surface area contributed by atoms with Gasteiger partial charge in [0.2, 0.25) is 0 Å². The summed E-state index contributed by atoms with van der Waals surface area (Å²) in [6, 6.07) is 0. The molecule has 42 heavy (non-hydrogen) atoms. The number of ether oxygens (including phenoxy) is 2. The third kappa shape index (κ3) is 5.83. The zero-order valence-corrected chi connectivity index (χ0v) is 27.1. The molecule has 1 heterocycles. The van der Waals surface area contributed by atoms with E-state index in [9.17, 15) is 20.4 Å². The summed E-state index contributed by atoms with van der Waals surface area (Å²) in [4.78, 5) is 0. The number of fused-ring (bicyclic) bond motifs is 5. The largest absolute Gasteiger partial charge is 0.394 e. The summed E-state index contributed by atoms with van der Waals surface area (Å²) in [6.07, 6.45) is 13.0. The highest BCUT2D eigenvalue weighted by molar-refractivity contribution is 5.25. The van der Waals surface area contributed by atoms with Crippen LogP contribution >= 0.6 is 0 Å². The molecule has 6 heteroatoms. The maximum absolute atomic E-state index is 10.4. The van der Waals surface area contributed by atoms with Crippen LogP contribution in [-0.2, 0) is 9.47 Å². The summed E-state index contributed by atoms with van der Waals surface area (Å²) in [5.41, 5.74) is 2.24. The van der Waals surface area contributed by atoms with Crippen LogP contribution in [0.15, 0.2) is 23.8 Å². The summed E-state index contributed by atoms with van der Waals surface area (Å²) in [5, 5.41) is 40.2. The van der Waals surface area contributed by atoms with Gasteiger partial charge in [-0.15, -0.1) is 0 Å². The Labute approximate surface area is 255 Å². The van der Waals surface area contributed by atoms with Crippen LogP contribution in [0.5, 0.6) is 0 Å². The highest BCUT2D eigenvalue weighted by atomic mass is 16.6. The maximum atomic E-state index is 10.4. The molecular formula is C36H60O6. The molecule has 0 bridgehead atoms. The fourth-order valence-electron chi connectivity index (χ4n) is 10.5. The smallest absolute Gasteiger partial charge is 0.111 e. The molecule has 5 rings (SSSR count). The van der Waals surface area contributed by atoms with Gasteiger partial charge in [0.25, 0.3) is 0 Å². The molecule has 0 amide bonds. The first-order valence-corrected chi connectivity index (χ1v) is 17.2. The van der Waals surface area contributed by atoms with Gasteiger partial charge in [0.15, 0.2) is 0 Å². The topological polar surface area (TPSA) is 99.4 Å². The average Bonchev–Trinajstić information content (AvgIpc) is 3.33. The Bertz CT molecular complexity index is 976. The fourth-order valence-corrected chi connectivity index (χ4v) is 10.5. The number of allylic oxidation sites excluding steroid dienone is 3. The second kappa shape index (κ2) is 12.9. The van der Waals surface area contributed by atoms with Gasteiger partial charge in [0.05, 0.1) is 19.3 Å². The van der Waals surface area contributed by atoms with Gasteiger partial charge in [-0.05, 0) is 110 Å². The number of rotatable bonds is 9. The minimum atomic E-state index is -1.35. The van der Waals surface area contributed by atoms with E-state index in [0.717, 1.165) is 42.9 Å². The molecular weight excluding hydrogens is 528 g/mol. The van der Waals surface area contributed by atoms with Crippen molar-refractivity contribution in [3.8, 4) is 0 Å². The van der Waals surface area contributed by atoms with Crippen LogP contribution in [-0.4, -0.2) is 70.3 Å². The Morgan fingerprint density at radius 2 is 1.69 bits per heavy atom. The van der Waals surface area contributed by atoms with E-state index in [1.807, 2.05) is 0 Å². The summed E-state index contributed by atoms with van der Waals surface area (Å²) in [5.74, 6) is 5.17. The molecule has 6 nitrogen and oxygen atoms in total. The zero-order chi connectivity index (χ0) is 30.4. The predicted molar refractivity (Wildman–Crippen MR) is 166 cm³/mol. The Hall–Kier alpha value is -0.760. The van der Waals surface area contributed by atoms with E-state index >= 15 is 0 Å². The van der Waals surface area contributed by atoms with Gasteiger partial charge in [-0.25, -0.2) is 0 Å². The molecule has 240 valence electrons. The molecule has 14 atom stereocenters. The van der Waals surface area contributed by atoms with Crippen molar-refractivity contribution in [3.05, 3.63) is 23.8 Å². The first-order chi connectivity index (χ1) is 19.9. The van der Waals surface area contributed by atoms with Crippen LogP contribution in [0.3, 0.4) is 0 Å². The number of hydrogen-bond acceptors (Lipinski definition) is 6. The summed E-state index contributed by atoms with van der Waals surface area (Å²) < 4.78 is 12.0. The van der Waals surface area contributed by atoms with E-state index in [1.165, 1.54) is 38.5 Å². The molecule has 14 unspecified atom stereocenters. The zero-order valence-electron chi connectivity index (χ0n) is 27.1. The highest BCUT2D eigenvalue weighted by Crippen LogP contribution is 2.67. The summed E-state index contributed by atoms with van der Waals surface area (Å²) >= 11 is 0. The minimum absolute atomic E-state index is 0.0587. The highest BCUT2D eigenvalue weighted by Gasteiger charge is 2.59. The molecule has 0 aromatic rings. The average molecular weight is 589 g/mol. The van der Waals surface area contributed by atoms with Gasteiger partial charge in [0, 0.05) is 0 Å². The van der Waals surface area contributed by atoms with Crippen molar-refractivity contribution in [2.24, 2.45) is 52.3 Å². The van der Waals surface area contributed by atoms with Gasteiger partial charge in [-0.1, -0.05) is 65.3 Å². The maximum Gasteiger partial charge on any atom is 0.111 e. The standard InChI is InChI=1S/C36H60O6/c1-7-23(21(2)3)9-8-22(4)27-12-13-28-26-11-10-24-18-25(14-16-35(24,5)29(26)15-17-36(27,28)6)41-20-31-33(39)34(40)32(38)30(19-37)42-31/h8-10,21-23,25-34,37-40H,7,11-20H2,1-6H3. The molecule has 3 saturated carbocycles. The Kier molecular flexibility index (Phi) is 10.0. The molecule has 4 fully saturated rings. The van der Waals surface area contributed by atoms with Crippen LogP contribution < -0.4 is 0 Å². The first-order valence-electron chi connectivity index (χ1n) is 17.2. The lowest BCUT2D eigenvalue weighted by atomic mass is 9.47. The van der Waals surface area contributed by atoms with Crippen molar-refractivity contribution in [2.75, 3.05) is 13.2 Å². The lowest BCUT2D eigenvalue weighted by Gasteiger charge is -2.58. The van der Waals surface area contributed by atoms with E-state index in [1.54, 1.807) is 5.57 Å². The van der Waals surface area contributed by atoms with E-state index in [0.29, 0.717) is 23.2 Å². The Morgan fingerprint density at radius 3 is 2.38 bits per heavy atom. The number of aliphatic hydroxyl groups is 4. The Balaban J connectivity index is 1.22. The van der Waals surface area contributed by atoms with Gasteiger partial charge in [-0.3, -0.25) is 0 Å². The number of aliphatic hydroxyl groups excluding tert-OH is 4. The molecule has 0 radical (unpaired) electrons. The van der Waals surface area contributed by atoms with Gasteiger partial charge < -0.3 is 29.9 Å². The predicted octanol–water partition coefficient (Wildman–Crippen LogP) is 5.67. The van der Waals surface area contributed by atoms with E-state index in [2.05, 4.69) is 59.8 Å². The van der Waals surface area contributed by atoms with Crippen LogP contribution in [0.25, 0.3) is 0 Å². The summed E-state index contributed by atoms with van der Waals surface area (Å²) in [6.45, 7) is 14.4. The molecule has 0 spiro atoms. The van der Waals surface area contributed by atoms with E-state index in [-0.39, 0.29) is 18.1 Å². The Morgan fingerprint density at radius 1 is 0.952 bits per heavy atom. The van der Waals surface area contributed by atoms with Crippen LogP contribution in [0.4, 0.5) is 0 Å². The second-order valence-corrected chi connectivity index (χ2v) is 15.6. The molecule has 1 saturated heterocycles. The molecule has 5 aliphatic rings. The van der Waals surface area contributed by atoms with Crippen molar-refractivity contribution < 1.29 is 29.9 Å². The third-order valence-corrected chi connectivity index (χ3v) is 13.2. The van der Waals surface area contributed by atoms with Crippen molar-refractivity contribution in [3.63, 3.8) is 0 Å². The van der Waals surface area contributed by atoms with E-state index in [4.69, 9.17) is 9.47 Å². The molecule has 1 aliphatic heterocycles. The monoisotopic (exact) mass is 588 g/mol. The minimum Gasteiger partial charge on any atom is -0.394 e. The van der Waals surface area contributed by atoms with Crippen LogP contribution in [0, 0.1) is 52.3 Å². The third-order valence-electron chi connectivity index (χ3n) is 13.2. The quantitative estimate of drug-likeness (QED) is 0.259. The molecule has 4 aliphatic carbocycles. The first kappa shape index (κ1) is 32.6. The lowest BCUT2D eigenvalue weighted by molar-refractivity contribution is -0.242. The van der Waals surface area contributed by atoms with Crippen molar-refractivity contribution in [1.29, 1.82) is 0 Å². The van der Waals surface area contributed by atoms with Crippen molar-refractivity contribution >= 4 is 0 Å². The van der Waals surface area contributed by atoms with Crippen molar-refractivity contribution in [1.82, 2.24) is 0 Å². The SMILES string of the molecule is CCC(C=CC(C)C1CCC2C3CC=C4CC(OCC5OC(CO)C(O)C(O)C5O)CCC4(C)C3CCC12C)C(C)C. The van der Waals surface area contributed by atoms with Crippen molar-refractivity contribution in [2.45, 2.75) is 136 Å². The van der Waals surface area contributed by atoms with Gasteiger partial charge >= 0.3 is 0 Å². The molecule has 0 aromatic carbocycles. The normalized spacial score (nSPS) is 47.1. The summed E-state index contributed by atoms with van der Waals surface area (Å²) in [7, 11) is 0. The van der Waals surface area contributed by atoms with E-state index < -0.39 is 37.1 Å². The number of hydrogen-bond donors (Lipinski definition) is 4. The fraction of sp³-hybridized carbons (Fsp3) is 0.889. The molecule has 4 N–H and O–H groups in total. The van der Waals surface area contributed by atoms with Crippen LogP contribution in [0.1, 0.15) is 99.3 Å². The second-order valence-electron chi connectivity index (χ2n) is 15.6.